The van der Waals surface area contributed by atoms with Crippen LogP contribution >= 0.6 is 22.9 Å². The van der Waals surface area contributed by atoms with Gasteiger partial charge in [-0.25, -0.2) is 4.98 Å². The SMILES string of the molecule is [c]1nscc1-c1nc2ccccc2s1. The Hall–Kier alpha value is -1.26. The molecule has 2 aromatic heterocycles. The number of hydrogen-bond acceptors (Lipinski definition) is 4. The second kappa shape index (κ2) is 3.15. The highest BCUT2D eigenvalue weighted by Crippen LogP contribution is 2.29. The fourth-order valence-electron chi connectivity index (χ4n) is 1.27. The summed E-state index contributed by atoms with van der Waals surface area (Å²) < 4.78 is 5.16. The molecule has 0 saturated heterocycles. The molecule has 67 valence electrons. The molecule has 0 fully saturated rings. The van der Waals surface area contributed by atoms with Gasteiger partial charge in [-0.15, -0.1) is 11.3 Å². The summed E-state index contributed by atoms with van der Waals surface area (Å²) in [6.07, 6.45) is 2.93. The van der Waals surface area contributed by atoms with Crippen LogP contribution in [0.25, 0.3) is 20.8 Å². The monoisotopic (exact) mass is 217 g/mol. The first-order chi connectivity index (χ1) is 6.93. The van der Waals surface area contributed by atoms with Crippen LogP contribution in [0.3, 0.4) is 0 Å². The smallest absolute Gasteiger partial charge is 0.127 e. The topological polar surface area (TPSA) is 25.8 Å². The van der Waals surface area contributed by atoms with Crippen molar-refractivity contribution < 1.29 is 0 Å². The van der Waals surface area contributed by atoms with Crippen molar-refractivity contribution >= 4 is 33.1 Å². The normalized spacial score (nSPS) is 10.9. The van der Waals surface area contributed by atoms with Crippen LogP contribution in [0.1, 0.15) is 0 Å². The molecule has 3 aromatic rings. The van der Waals surface area contributed by atoms with Gasteiger partial charge in [0.15, 0.2) is 0 Å². The van der Waals surface area contributed by atoms with Gasteiger partial charge in [0.2, 0.25) is 0 Å². The molecule has 4 heteroatoms. The molecule has 0 spiro atoms. The quantitative estimate of drug-likeness (QED) is 0.625. The number of nitrogens with zero attached hydrogens (tertiary/aromatic N) is 2. The van der Waals surface area contributed by atoms with E-state index < -0.39 is 0 Å². The molecule has 0 aliphatic carbocycles. The third-order valence-electron chi connectivity index (χ3n) is 1.91. The number of rotatable bonds is 1. The van der Waals surface area contributed by atoms with Gasteiger partial charge in [0.1, 0.15) is 11.2 Å². The van der Waals surface area contributed by atoms with Crippen molar-refractivity contribution in [3.05, 3.63) is 35.8 Å². The molecule has 0 N–H and O–H groups in total. The van der Waals surface area contributed by atoms with E-state index in [1.54, 1.807) is 11.3 Å². The molecule has 0 amide bonds. The van der Waals surface area contributed by atoms with Crippen LogP contribution in [-0.4, -0.2) is 9.36 Å². The maximum absolute atomic E-state index is 4.51. The van der Waals surface area contributed by atoms with E-state index in [0.717, 1.165) is 16.1 Å². The Balaban J connectivity index is 2.24. The summed E-state index contributed by atoms with van der Waals surface area (Å²) in [5, 5.41) is 2.97. The molecule has 3 rings (SSSR count). The average Bonchev–Trinajstić information content (AvgIpc) is 2.86. The Kier molecular flexibility index (Phi) is 1.82. The lowest BCUT2D eigenvalue weighted by Gasteiger charge is -1.82. The van der Waals surface area contributed by atoms with Gasteiger partial charge in [0.05, 0.1) is 15.8 Å². The van der Waals surface area contributed by atoms with Crippen molar-refractivity contribution in [1.82, 2.24) is 9.36 Å². The van der Waals surface area contributed by atoms with Crippen molar-refractivity contribution in [2.75, 3.05) is 0 Å². The van der Waals surface area contributed by atoms with Gasteiger partial charge in [-0.1, -0.05) is 12.1 Å². The van der Waals surface area contributed by atoms with E-state index >= 15 is 0 Å². The zero-order chi connectivity index (χ0) is 9.38. The first-order valence-corrected chi connectivity index (χ1v) is 5.77. The van der Waals surface area contributed by atoms with E-state index in [4.69, 9.17) is 0 Å². The van der Waals surface area contributed by atoms with Gasteiger partial charge in [-0.3, -0.25) is 0 Å². The number of hydrogen-bond donors (Lipinski definition) is 0. The summed E-state index contributed by atoms with van der Waals surface area (Å²) >= 11 is 3.08. The van der Waals surface area contributed by atoms with Gasteiger partial charge in [0, 0.05) is 5.38 Å². The standard InChI is InChI=1S/C10H5N2S2/c1-2-4-9-8(3-1)12-10(14-9)7-5-11-13-6-7/h1-4,6H. The minimum absolute atomic E-state index is 0.996. The summed E-state index contributed by atoms with van der Waals surface area (Å²) in [7, 11) is 0. The molecular formula is C10H5N2S2. The van der Waals surface area contributed by atoms with Gasteiger partial charge in [-0.2, -0.15) is 4.37 Å². The van der Waals surface area contributed by atoms with Crippen molar-refractivity contribution in [1.29, 1.82) is 0 Å². The third-order valence-corrected chi connectivity index (χ3v) is 3.52. The van der Waals surface area contributed by atoms with E-state index in [1.165, 1.54) is 16.2 Å². The molecule has 1 aromatic carbocycles. The van der Waals surface area contributed by atoms with Gasteiger partial charge >= 0.3 is 0 Å². The molecule has 0 bridgehead atoms. The summed E-state index contributed by atoms with van der Waals surface area (Å²) in [6, 6.07) is 8.13. The highest BCUT2D eigenvalue weighted by Gasteiger charge is 2.06. The number of aromatic nitrogens is 2. The van der Waals surface area contributed by atoms with Gasteiger partial charge < -0.3 is 0 Å². The maximum atomic E-state index is 4.51. The zero-order valence-corrected chi connectivity index (χ0v) is 8.73. The van der Waals surface area contributed by atoms with Crippen LogP contribution in [0.5, 0.6) is 0 Å². The number of thiazole rings is 1. The van der Waals surface area contributed by atoms with Crippen LogP contribution < -0.4 is 0 Å². The molecular weight excluding hydrogens is 212 g/mol. The molecule has 2 heterocycles. The Morgan fingerprint density at radius 3 is 2.93 bits per heavy atom. The summed E-state index contributed by atoms with van der Waals surface area (Å²) in [5.74, 6) is 0. The Labute approximate surface area is 89.0 Å². The summed E-state index contributed by atoms with van der Waals surface area (Å²) in [4.78, 5) is 4.51. The molecule has 0 unspecified atom stereocenters. The van der Waals surface area contributed by atoms with Crippen LogP contribution in [0.15, 0.2) is 29.6 Å². The predicted octanol–water partition coefficient (Wildman–Crippen LogP) is 3.22. The van der Waals surface area contributed by atoms with Gasteiger partial charge in [-0.05, 0) is 23.7 Å². The van der Waals surface area contributed by atoms with E-state index in [-0.39, 0.29) is 0 Å². The van der Waals surface area contributed by atoms with Crippen LogP contribution in [-0.2, 0) is 0 Å². The van der Waals surface area contributed by atoms with E-state index in [1.807, 2.05) is 23.6 Å². The second-order valence-electron chi connectivity index (χ2n) is 2.83. The van der Waals surface area contributed by atoms with Crippen LogP contribution in [0, 0.1) is 6.20 Å². The van der Waals surface area contributed by atoms with Crippen molar-refractivity contribution in [3.8, 4) is 10.6 Å². The Morgan fingerprint density at radius 2 is 2.14 bits per heavy atom. The first kappa shape index (κ1) is 8.08. The van der Waals surface area contributed by atoms with Crippen molar-refractivity contribution in [2.45, 2.75) is 0 Å². The molecule has 2 nitrogen and oxygen atoms in total. The largest absolute Gasteiger partial charge is 0.236 e. The fraction of sp³-hybridized carbons (Fsp3) is 0. The van der Waals surface area contributed by atoms with Crippen molar-refractivity contribution in [3.63, 3.8) is 0 Å². The predicted molar refractivity (Wildman–Crippen MR) is 59.6 cm³/mol. The number of benzene rings is 1. The molecule has 0 saturated carbocycles. The Bertz CT molecular complexity index is 521. The first-order valence-electron chi connectivity index (χ1n) is 4.11. The lowest BCUT2D eigenvalue weighted by atomic mass is 10.3. The van der Waals surface area contributed by atoms with Crippen LogP contribution in [0.2, 0.25) is 0 Å². The third kappa shape index (κ3) is 1.23. The van der Waals surface area contributed by atoms with E-state index in [9.17, 15) is 0 Å². The van der Waals surface area contributed by atoms with E-state index in [0.29, 0.717) is 0 Å². The van der Waals surface area contributed by atoms with Gasteiger partial charge in [0.25, 0.3) is 0 Å². The van der Waals surface area contributed by atoms with E-state index in [2.05, 4.69) is 21.6 Å². The summed E-state index contributed by atoms with van der Waals surface area (Å²) in [5.41, 5.74) is 2.04. The second-order valence-corrected chi connectivity index (χ2v) is 4.49. The van der Waals surface area contributed by atoms with Crippen LogP contribution in [0.4, 0.5) is 0 Å². The molecule has 14 heavy (non-hydrogen) atoms. The maximum Gasteiger partial charge on any atom is 0.127 e. The number of fused-ring (bicyclic) bond motifs is 1. The fourth-order valence-corrected chi connectivity index (χ4v) is 2.75. The molecule has 1 radical (unpaired) electrons. The average molecular weight is 217 g/mol. The highest BCUT2D eigenvalue weighted by molar-refractivity contribution is 7.21. The zero-order valence-electron chi connectivity index (χ0n) is 7.10. The lowest BCUT2D eigenvalue weighted by molar-refractivity contribution is 1.46. The molecule has 0 aliphatic heterocycles. The summed E-state index contributed by atoms with van der Waals surface area (Å²) in [6.45, 7) is 0. The Morgan fingerprint density at radius 1 is 1.21 bits per heavy atom. The lowest BCUT2D eigenvalue weighted by Crippen LogP contribution is -1.69. The molecule has 0 aliphatic rings. The minimum atomic E-state index is 0.996. The minimum Gasteiger partial charge on any atom is -0.236 e. The number of para-hydroxylation sites is 1. The highest BCUT2D eigenvalue weighted by atomic mass is 32.1. The van der Waals surface area contributed by atoms with Crippen molar-refractivity contribution in [2.24, 2.45) is 0 Å². The molecule has 0 atom stereocenters.